The van der Waals surface area contributed by atoms with Gasteiger partial charge in [-0.3, -0.25) is 9.59 Å². The normalized spacial score (nSPS) is 22.6. The lowest BCUT2D eigenvalue weighted by Gasteiger charge is -2.16. The van der Waals surface area contributed by atoms with Gasteiger partial charge in [-0.25, -0.2) is 8.42 Å². The maximum Gasteiger partial charge on any atom is 0.167 e. The Kier molecular flexibility index (Phi) is 4.13. The first-order chi connectivity index (χ1) is 11.0. The highest BCUT2D eigenvalue weighted by Crippen LogP contribution is 2.31. The van der Waals surface area contributed by atoms with Crippen molar-refractivity contribution in [2.45, 2.75) is 0 Å². The van der Waals surface area contributed by atoms with E-state index >= 15 is 0 Å². The molecule has 1 aliphatic rings. The molecule has 0 bridgehead atoms. The van der Waals surface area contributed by atoms with Gasteiger partial charge in [0.05, 0.1) is 11.5 Å². The topological polar surface area (TPSA) is 68.3 Å². The van der Waals surface area contributed by atoms with Crippen molar-refractivity contribution in [3.63, 3.8) is 0 Å². The summed E-state index contributed by atoms with van der Waals surface area (Å²) in [5.74, 6) is -2.69. The number of benzene rings is 2. The molecule has 1 fully saturated rings. The third-order valence-corrected chi connectivity index (χ3v) is 5.88. The third-order valence-electron chi connectivity index (χ3n) is 4.14. The number of rotatable bonds is 4. The lowest BCUT2D eigenvalue weighted by molar-refractivity contribution is 0.0809. The van der Waals surface area contributed by atoms with Crippen molar-refractivity contribution >= 4 is 21.4 Å². The van der Waals surface area contributed by atoms with E-state index < -0.39 is 21.7 Å². The van der Waals surface area contributed by atoms with Gasteiger partial charge in [-0.15, -0.1) is 0 Å². The molecule has 3 rings (SSSR count). The van der Waals surface area contributed by atoms with Gasteiger partial charge >= 0.3 is 0 Å². The zero-order chi connectivity index (χ0) is 16.4. The maximum absolute atomic E-state index is 12.7. The number of hydrogen-bond acceptors (Lipinski definition) is 4. The first kappa shape index (κ1) is 15.6. The summed E-state index contributed by atoms with van der Waals surface area (Å²) in [7, 11) is -3.39. The molecule has 0 aliphatic carbocycles. The molecule has 4 nitrogen and oxygen atoms in total. The lowest BCUT2D eigenvalue weighted by Crippen LogP contribution is -2.29. The van der Waals surface area contributed by atoms with Crippen LogP contribution in [0.5, 0.6) is 0 Å². The first-order valence-electron chi connectivity index (χ1n) is 7.37. The van der Waals surface area contributed by atoms with E-state index in [0.717, 1.165) is 0 Å². The molecule has 0 saturated carbocycles. The highest BCUT2D eigenvalue weighted by molar-refractivity contribution is 7.91. The van der Waals surface area contributed by atoms with Gasteiger partial charge in [0.2, 0.25) is 0 Å². The van der Waals surface area contributed by atoms with Crippen molar-refractivity contribution in [3.8, 4) is 0 Å². The van der Waals surface area contributed by atoms with Crippen LogP contribution in [0, 0.1) is 11.8 Å². The number of carbonyl (C=O) groups excluding carboxylic acids is 2. The Morgan fingerprint density at radius 3 is 1.39 bits per heavy atom. The fourth-order valence-electron chi connectivity index (χ4n) is 3.00. The second-order valence-electron chi connectivity index (χ2n) is 5.75. The summed E-state index contributed by atoms with van der Waals surface area (Å²) in [5, 5.41) is 0. The molecule has 0 radical (unpaired) electrons. The van der Waals surface area contributed by atoms with E-state index in [-0.39, 0.29) is 23.1 Å². The molecule has 2 aromatic carbocycles. The Balaban J connectivity index is 1.94. The highest BCUT2D eigenvalue weighted by atomic mass is 32.2. The van der Waals surface area contributed by atoms with Crippen LogP contribution in [0.3, 0.4) is 0 Å². The number of sulfone groups is 1. The number of Topliss-reactive ketones (excluding diaryl/α,β-unsaturated/α-hetero) is 2. The molecular formula is C18H16O4S. The minimum atomic E-state index is -3.39. The SMILES string of the molecule is O=C(c1ccccc1)C1CS(=O)(=O)CC1C(=O)c1ccccc1. The smallest absolute Gasteiger partial charge is 0.167 e. The van der Waals surface area contributed by atoms with Crippen molar-refractivity contribution in [1.29, 1.82) is 0 Å². The minimum absolute atomic E-state index is 0.260. The number of carbonyl (C=O) groups is 2. The molecule has 1 heterocycles. The van der Waals surface area contributed by atoms with E-state index in [1.54, 1.807) is 60.7 Å². The Bertz CT molecular complexity index is 760. The molecule has 2 unspecified atom stereocenters. The Hall–Kier alpha value is -2.27. The zero-order valence-corrected chi connectivity index (χ0v) is 13.2. The number of hydrogen-bond donors (Lipinski definition) is 0. The summed E-state index contributed by atoms with van der Waals surface area (Å²) in [4.78, 5) is 25.3. The summed E-state index contributed by atoms with van der Waals surface area (Å²) in [5.41, 5.74) is 0.890. The van der Waals surface area contributed by atoms with Gasteiger partial charge in [-0.05, 0) is 0 Å². The van der Waals surface area contributed by atoms with Crippen LogP contribution < -0.4 is 0 Å². The molecule has 0 spiro atoms. The molecular weight excluding hydrogens is 312 g/mol. The summed E-state index contributed by atoms with van der Waals surface area (Å²) in [6.07, 6.45) is 0. The standard InChI is InChI=1S/C18H16O4S/c19-17(13-7-3-1-4-8-13)15-11-23(21,22)12-16(15)18(20)14-9-5-2-6-10-14/h1-10,15-16H,11-12H2. The van der Waals surface area contributed by atoms with Crippen LogP contribution in [-0.4, -0.2) is 31.5 Å². The molecule has 5 heteroatoms. The fourth-order valence-corrected chi connectivity index (χ4v) is 5.00. The van der Waals surface area contributed by atoms with Gasteiger partial charge in [0.15, 0.2) is 21.4 Å². The van der Waals surface area contributed by atoms with Crippen molar-refractivity contribution in [2.24, 2.45) is 11.8 Å². The lowest BCUT2D eigenvalue weighted by atomic mass is 9.83. The summed E-state index contributed by atoms with van der Waals surface area (Å²) in [6.45, 7) is 0. The van der Waals surface area contributed by atoms with Gasteiger partial charge in [-0.1, -0.05) is 60.7 Å². The summed E-state index contributed by atoms with van der Waals surface area (Å²) >= 11 is 0. The zero-order valence-electron chi connectivity index (χ0n) is 12.4. The predicted octanol–water partition coefficient (Wildman–Crippen LogP) is 2.41. The van der Waals surface area contributed by atoms with Crippen LogP contribution in [0.2, 0.25) is 0 Å². The maximum atomic E-state index is 12.7. The second kappa shape index (κ2) is 6.08. The van der Waals surface area contributed by atoms with Gasteiger partial charge in [0.25, 0.3) is 0 Å². The molecule has 0 aromatic heterocycles. The van der Waals surface area contributed by atoms with Gasteiger partial charge in [0.1, 0.15) is 0 Å². The molecule has 1 saturated heterocycles. The fraction of sp³-hybridized carbons (Fsp3) is 0.222. The van der Waals surface area contributed by atoms with Crippen LogP contribution in [-0.2, 0) is 9.84 Å². The number of ketones is 2. The van der Waals surface area contributed by atoms with E-state index in [1.807, 2.05) is 0 Å². The van der Waals surface area contributed by atoms with Crippen molar-refractivity contribution < 1.29 is 18.0 Å². The Labute approximate surface area is 135 Å². The highest BCUT2D eigenvalue weighted by Gasteiger charge is 2.45. The van der Waals surface area contributed by atoms with Gasteiger partial charge in [0, 0.05) is 23.0 Å². The molecule has 0 amide bonds. The Morgan fingerprint density at radius 1 is 0.696 bits per heavy atom. The second-order valence-corrected chi connectivity index (χ2v) is 7.90. The molecule has 1 aliphatic heterocycles. The molecule has 2 atom stereocenters. The van der Waals surface area contributed by atoms with E-state index in [0.29, 0.717) is 11.1 Å². The first-order valence-corrected chi connectivity index (χ1v) is 9.19. The van der Waals surface area contributed by atoms with E-state index in [2.05, 4.69) is 0 Å². The van der Waals surface area contributed by atoms with Crippen molar-refractivity contribution in [2.75, 3.05) is 11.5 Å². The third kappa shape index (κ3) is 3.24. The summed E-state index contributed by atoms with van der Waals surface area (Å²) in [6, 6.07) is 17.1. The van der Waals surface area contributed by atoms with Crippen molar-refractivity contribution in [1.82, 2.24) is 0 Å². The van der Waals surface area contributed by atoms with E-state index in [9.17, 15) is 18.0 Å². The molecule has 2 aromatic rings. The predicted molar refractivity (Wildman–Crippen MR) is 87.2 cm³/mol. The largest absolute Gasteiger partial charge is 0.294 e. The van der Waals surface area contributed by atoms with Crippen LogP contribution in [0.25, 0.3) is 0 Å². The van der Waals surface area contributed by atoms with Crippen LogP contribution in [0.4, 0.5) is 0 Å². The van der Waals surface area contributed by atoms with Crippen LogP contribution in [0.1, 0.15) is 20.7 Å². The quantitative estimate of drug-likeness (QED) is 0.808. The van der Waals surface area contributed by atoms with E-state index in [1.165, 1.54) is 0 Å². The monoisotopic (exact) mass is 328 g/mol. The Morgan fingerprint density at radius 2 is 1.04 bits per heavy atom. The van der Waals surface area contributed by atoms with Gasteiger partial charge in [-0.2, -0.15) is 0 Å². The molecule has 23 heavy (non-hydrogen) atoms. The average Bonchev–Trinajstić information content (AvgIpc) is 2.91. The minimum Gasteiger partial charge on any atom is -0.294 e. The van der Waals surface area contributed by atoms with Gasteiger partial charge < -0.3 is 0 Å². The molecule has 0 N–H and O–H groups in total. The molecule has 118 valence electrons. The van der Waals surface area contributed by atoms with Crippen LogP contribution >= 0.6 is 0 Å². The van der Waals surface area contributed by atoms with E-state index in [4.69, 9.17) is 0 Å². The van der Waals surface area contributed by atoms with Crippen LogP contribution in [0.15, 0.2) is 60.7 Å². The summed E-state index contributed by atoms with van der Waals surface area (Å²) < 4.78 is 24.0. The van der Waals surface area contributed by atoms with Crippen molar-refractivity contribution in [3.05, 3.63) is 71.8 Å². The average molecular weight is 328 g/mol.